The summed E-state index contributed by atoms with van der Waals surface area (Å²) >= 11 is 0. The Hall–Kier alpha value is -5.06. The van der Waals surface area contributed by atoms with Gasteiger partial charge < -0.3 is 28.8 Å². The maximum absolute atomic E-state index is 13.3. The number of anilines is 1. The quantitative estimate of drug-likeness (QED) is 0.314. The third kappa shape index (κ3) is 5.07. The minimum Gasteiger partial charge on any atom is -0.497 e. The fourth-order valence-corrected chi connectivity index (χ4v) is 3.81. The van der Waals surface area contributed by atoms with Crippen LogP contribution in [0.1, 0.15) is 33.4 Å². The molecule has 0 radical (unpaired) electrons. The van der Waals surface area contributed by atoms with E-state index in [1.807, 2.05) is 0 Å². The van der Waals surface area contributed by atoms with E-state index >= 15 is 0 Å². The maximum Gasteiger partial charge on any atom is 0.342 e. The van der Waals surface area contributed by atoms with E-state index < -0.39 is 29.8 Å². The highest BCUT2D eigenvalue weighted by atomic mass is 16.5. The Kier molecular flexibility index (Phi) is 7.47. The normalized spacial score (nSPS) is 10.7. The lowest BCUT2D eigenvalue weighted by atomic mass is 10.1. The lowest BCUT2D eigenvalue weighted by molar-refractivity contribution is -0.118. The molecule has 0 fully saturated rings. The van der Waals surface area contributed by atoms with E-state index in [0.717, 1.165) is 0 Å². The highest BCUT2D eigenvalue weighted by Gasteiger charge is 2.29. The molecule has 0 atom stereocenters. The number of benzene rings is 2. The Balaban J connectivity index is 1.65. The number of carbonyl (C=O) groups excluding carboxylic acids is 3. The summed E-state index contributed by atoms with van der Waals surface area (Å²) in [5, 5.41) is 2.62. The third-order valence-corrected chi connectivity index (χ3v) is 5.52. The van der Waals surface area contributed by atoms with Gasteiger partial charge in [0.1, 0.15) is 28.2 Å². The van der Waals surface area contributed by atoms with Crippen LogP contribution in [-0.4, -0.2) is 38.1 Å². The molecular weight excluding hydrogens is 496 g/mol. The summed E-state index contributed by atoms with van der Waals surface area (Å²) in [6, 6.07) is 13.4. The molecule has 0 saturated heterocycles. The number of para-hydroxylation sites is 1. The third-order valence-electron chi connectivity index (χ3n) is 5.52. The molecule has 0 aliphatic carbocycles. The molecule has 0 saturated carbocycles. The first kappa shape index (κ1) is 26.0. The van der Waals surface area contributed by atoms with Gasteiger partial charge >= 0.3 is 5.97 Å². The molecule has 0 spiro atoms. The largest absolute Gasteiger partial charge is 0.497 e. The van der Waals surface area contributed by atoms with Gasteiger partial charge in [-0.15, -0.1) is 0 Å². The van der Waals surface area contributed by atoms with E-state index in [1.54, 1.807) is 55.5 Å². The molecule has 4 aromatic rings. The molecule has 2 amide bonds. The first-order chi connectivity index (χ1) is 18.2. The van der Waals surface area contributed by atoms with Crippen molar-refractivity contribution in [1.29, 1.82) is 0 Å². The number of esters is 1. The molecule has 2 aromatic heterocycles. The van der Waals surface area contributed by atoms with Crippen LogP contribution in [0.3, 0.4) is 0 Å². The number of nitrogens with one attached hydrogen (secondary N) is 1. The SMILES string of the molecule is CCOC(=O)c1c(C)oc(NC(=O)COc2c(-c3ccc(OC)cc3)oc3ccccc3c2=O)c1C(N)=O. The number of methoxy groups -OCH3 is 1. The van der Waals surface area contributed by atoms with Gasteiger partial charge in [0.05, 0.1) is 19.1 Å². The van der Waals surface area contributed by atoms with E-state index in [1.165, 1.54) is 14.0 Å². The fourth-order valence-electron chi connectivity index (χ4n) is 3.81. The number of aryl methyl sites for hydroxylation is 1. The van der Waals surface area contributed by atoms with Crippen molar-refractivity contribution in [3.05, 3.63) is 75.6 Å². The molecule has 0 bridgehead atoms. The Morgan fingerprint density at radius 3 is 2.37 bits per heavy atom. The number of furan rings is 1. The zero-order valence-electron chi connectivity index (χ0n) is 20.8. The average molecular weight is 520 g/mol. The van der Waals surface area contributed by atoms with E-state index in [4.69, 9.17) is 28.8 Å². The molecule has 38 heavy (non-hydrogen) atoms. The topological polar surface area (TPSA) is 160 Å². The minimum absolute atomic E-state index is 0.0328. The van der Waals surface area contributed by atoms with Crippen LogP contribution in [0.15, 0.2) is 62.2 Å². The standard InChI is InChI=1S/C27H24N2O9/c1-4-35-27(33)20-14(2)37-26(21(20)25(28)32)29-19(30)13-36-24-22(31)17-7-5-6-8-18(17)38-23(24)15-9-11-16(34-3)12-10-15/h5-12H,4,13H2,1-3H3,(H2,28,32)(H,29,30). The molecule has 2 heterocycles. The van der Waals surface area contributed by atoms with Crippen LogP contribution >= 0.6 is 0 Å². The lowest BCUT2D eigenvalue weighted by Crippen LogP contribution is -2.24. The summed E-state index contributed by atoms with van der Waals surface area (Å²) in [7, 11) is 1.53. The Morgan fingerprint density at radius 2 is 1.71 bits per heavy atom. The van der Waals surface area contributed by atoms with Crippen molar-refractivity contribution in [3.63, 3.8) is 0 Å². The average Bonchev–Trinajstić information content (AvgIpc) is 3.23. The predicted molar refractivity (Wildman–Crippen MR) is 137 cm³/mol. The summed E-state index contributed by atoms with van der Waals surface area (Å²) in [5.41, 5.74) is 5.27. The molecular formula is C27H24N2O9. The number of hydrogen-bond acceptors (Lipinski definition) is 9. The van der Waals surface area contributed by atoms with Crippen molar-refractivity contribution < 1.29 is 37.4 Å². The van der Waals surface area contributed by atoms with Crippen molar-refractivity contribution in [2.45, 2.75) is 13.8 Å². The maximum atomic E-state index is 13.3. The van der Waals surface area contributed by atoms with Gasteiger partial charge in [-0.2, -0.15) is 0 Å². The van der Waals surface area contributed by atoms with Crippen molar-refractivity contribution in [3.8, 4) is 22.8 Å². The first-order valence-electron chi connectivity index (χ1n) is 11.5. The van der Waals surface area contributed by atoms with Gasteiger partial charge in [-0.3, -0.25) is 19.7 Å². The lowest BCUT2D eigenvalue weighted by Gasteiger charge is -2.12. The van der Waals surface area contributed by atoms with Crippen molar-refractivity contribution in [2.24, 2.45) is 5.73 Å². The first-order valence-corrected chi connectivity index (χ1v) is 11.5. The van der Waals surface area contributed by atoms with Gasteiger partial charge in [0.15, 0.2) is 12.4 Å². The second-order valence-electron chi connectivity index (χ2n) is 7.97. The molecule has 0 unspecified atom stereocenters. The van der Waals surface area contributed by atoms with Crippen molar-refractivity contribution in [2.75, 3.05) is 25.6 Å². The number of carbonyl (C=O) groups is 3. The van der Waals surface area contributed by atoms with E-state index in [9.17, 15) is 19.2 Å². The Labute approximate surface area is 216 Å². The predicted octanol–water partition coefficient (Wildman–Crippen LogP) is 3.66. The van der Waals surface area contributed by atoms with Gasteiger partial charge in [-0.25, -0.2) is 4.79 Å². The minimum atomic E-state index is -1.00. The van der Waals surface area contributed by atoms with Gasteiger partial charge in [0.25, 0.3) is 11.8 Å². The molecule has 196 valence electrons. The number of rotatable bonds is 9. The van der Waals surface area contributed by atoms with Crippen LogP contribution in [0.5, 0.6) is 11.5 Å². The zero-order chi connectivity index (χ0) is 27.4. The zero-order valence-corrected chi connectivity index (χ0v) is 20.8. The summed E-state index contributed by atoms with van der Waals surface area (Å²) < 4.78 is 27.2. The second kappa shape index (κ2) is 10.9. The number of fused-ring (bicyclic) bond motifs is 1. The van der Waals surface area contributed by atoms with E-state index in [-0.39, 0.29) is 46.3 Å². The van der Waals surface area contributed by atoms with Gasteiger partial charge in [0.2, 0.25) is 17.1 Å². The summed E-state index contributed by atoms with van der Waals surface area (Å²) in [6.45, 7) is 2.42. The Morgan fingerprint density at radius 1 is 1.00 bits per heavy atom. The molecule has 0 aliphatic rings. The number of ether oxygens (including phenoxy) is 3. The van der Waals surface area contributed by atoms with Crippen LogP contribution in [-0.2, 0) is 9.53 Å². The van der Waals surface area contributed by atoms with Crippen molar-refractivity contribution in [1.82, 2.24) is 0 Å². The van der Waals surface area contributed by atoms with Gasteiger partial charge in [-0.1, -0.05) is 12.1 Å². The van der Waals surface area contributed by atoms with Gasteiger partial charge in [0, 0.05) is 5.56 Å². The Bertz CT molecular complexity index is 1580. The second-order valence-corrected chi connectivity index (χ2v) is 7.97. The summed E-state index contributed by atoms with van der Waals surface area (Å²) in [5.74, 6) is -2.40. The van der Waals surface area contributed by atoms with Gasteiger partial charge in [-0.05, 0) is 50.2 Å². The summed E-state index contributed by atoms with van der Waals surface area (Å²) in [6.07, 6.45) is 0. The molecule has 2 aromatic carbocycles. The molecule has 11 nitrogen and oxygen atoms in total. The number of primary amides is 1. The smallest absolute Gasteiger partial charge is 0.342 e. The van der Waals surface area contributed by atoms with Crippen LogP contribution in [0, 0.1) is 6.92 Å². The number of amides is 2. The van der Waals surface area contributed by atoms with Crippen LogP contribution < -0.4 is 26.0 Å². The molecule has 3 N–H and O–H groups in total. The molecule has 4 rings (SSSR count). The fraction of sp³-hybridized carbons (Fsp3) is 0.185. The van der Waals surface area contributed by atoms with Crippen LogP contribution in [0.4, 0.5) is 5.88 Å². The molecule has 11 heteroatoms. The highest BCUT2D eigenvalue weighted by Crippen LogP contribution is 2.32. The number of hydrogen-bond donors (Lipinski definition) is 2. The number of nitrogens with two attached hydrogens (primary N) is 1. The van der Waals surface area contributed by atoms with Crippen LogP contribution in [0.25, 0.3) is 22.3 Å². The molecule has 0 aliphatic heterocycles. The highest BCUT2D eigenvalue weighted by molar-refractivity contribution is 6.10. The van der Waals surface area contributed by atoms with Crippen LogP contribution in [0.2, 0.25) is 0 Å². The van der Waals surface area contributed by atoms with E-state index in [2.05, 4.69) is 5.32 Å². The summed E-state index contributed by atoms with van der Waals surface area (Å²) in [4.78, 5) is 50.4. The van der Waals surface area contributed by atoms with E-state index in [0.29, 0.717) is 16.9 Å². The monoisotopic (exact) mass is 520 g/mol. The van der Waals surface area contributed by atoms with Crippen molar-refractivity contribution >= 4 is 34.6 Å².